The average Bonchev–Trinajstić information content (AvgIpc) is 2.81. The fourth-order valence-corrected chi connectivity index (χ4v) is 3.41. The zero-order valence-electron chi connectivity index (χ0n) is 16.7. The van der Waals surface area contributed by atoms with Crippen molar-refractivity contribution in [2.75, 3.05) is 5.32 Å². The molecule has 1 aromatic heterocycles. The number of pyridine rings is 1. The number of anilines is 1. The van der Waals surface area contributed by atoms with Crippen LogP contribution < -0.4 is 10.6 Å². The van der Waals surface area contributed by atoms with Crippen molar-refractivity contribution < 1.29 is 4.79 Å². The van der Waals surface area contributed by atoms with Gasteiger partial charge in [-0.1, -0.05) is 54.1 Å². The highest BCUT2D eigenvalue weighted by Gasteiger charge is 2.15. The molecule has 0 atom stereocenters. The van der Waals surface area contributed by atoms with Crippen molar-refractivity contribution in [3.63, 3.8) is 0 Å². The summed E-state index contributed by atoms with van der Waals surface area (Å²) in [7, 11) is 0. The summed E-state index contributed by atoms with van der Waals surface area (Å²) in [6.45, 7) is 0.903. The lowest BCUT2D eigenvalue weighted by Crippen LogP contribution is -2.31. The minimum absolute atomic E-state index is 0.0818. The summed E-state index contributed by atoms with van der Waals surface area (Å²) in [5, 5.41) is 16.3. The van der Waals surface area contributed by atoms with Gasteiger partial charge in [0.05, 0.1) is 5.52 Å². The first-order valence-corrected chi connectivity index (χ1v) is 10.3. The molecule has 4 aromatic rings. The molecule has 1 amide bonds. The standard InChI is InChI=1S/C25H21ClN4O/c26-20-10-7-17(8-11-20)15-29-23-6-2-1-5-21(23)24(27)25(31)30-16-18-9-12-22-19(14-18)4-3-13-28-22/h1-14,27,29H,15-16H2,(H,30,31). The molecule has 6 heteroatoms. The van der Waals surface area contributed by atoms with Crippen LogP contribution in [-0.4, -0.2) is 16.6 Å². The zero-order chi connectivity index (χ0) is 21.6. The molecular weight excluding hydrogens is 408 g/mol. The van der Waals surface area contributed by atoms with Gasteiger partial charge in [-0.15, -0.1) is 0 Å². The molecule has 4 rings (SSSR count). The number of fused-ring (bicyclic) bond motifs is 1. The zero-order valence-corrected chi connectivity index (χ0v) is 17.5. The Morgan fingerprint density at radius 1 is 0.903 bits per heavy atom. The number of aromatic nitrogens is 1. The van der Waals surface area contributed by atoms with E-state index in [0.717, 1.165) is 27.7 Å². The van der Waals surface area contributed by atoms with Crippen molar-refractivity contribution in [1.29, 1.82) is 5.41 Å². The van der Waals surface area contributed by atoms with Crippen LogP contribution in [0, 0.1) is 5.41 Å². The van der Waals surface area contributed by atoms with Crippen LogP contribution in [0.2, 0.25) is 5.02 Å². The Morgan fingerprint density at radius 3 is 2.52 bits per heavy atom. The smallest absolute Gasteiger partial charge is 0.270 e. The lowest BCUT2D eigenvalue weighted by atomic mass is 10.1. The second-order valence-electron chi connectivity index (χ2n) is 7.11. The molecule has 31 heavy (non-hydrogen) atoms. The first kappa shape index (κ1) is 20.6. The van der Waals surface area contributed by atoms with Gasteiger partial charge in [0.2, 0.25) is 0 Å². The molecule has 0 fully saturated rings. The molecule has 0 unspecified atom stereocenters. The molecule has 0 saturated heterocycles. The molecule has 0 spiro atoms. The molecule has 0 aliphatic heterocycles. The van der Waals surface area contributed by atoms with E-state index in [1.54, 1.807) is 12.3 Å². The molecular formula is C25H21ClN4O. The van der Waals surface area contributed by atoms with Crippen LogP contribution in [0.3, 0.4) is 0 Å². The second-order valence-corrected chi connectivity index (χ2v) is 7.55. The Hall–Kier alpha value is -3.70. The van der Waals surface area contributed by atoms with Crippen molar-refractivity contribution in [2.24, 2.45) is 0 Å². The molecule has 0 bridgehead atoms. The third-order valence-electron chi connectivity index (χ3n) is 4.94. The third-order valence-corrected chi connectivity index (χ3v) is 5.19. The van der Waals surface area contributed by atoms with Gasteiger partial charge in [-0.2, -0.15) is 0 Å². The highest BCUT2D eigenvalue weighted by Crippen LogP contribution is 2.18. The number of hydrogen-bond donors (Lipinski definition) is 3. The van der Waals surface area contributed by atoms with Gasteiger partial charge in [-0.05, 0) is 47.5 Å². The highest BCUT2D eigenvalue weighted by molar-refractivity contribution is 6.45. The van der Waals surface area contributed by atoms with E-state index < -0.39 is 5.91 Å². The van der Waals surface area contributed by atoms with Gasteiger partial charge in [-0.3, -0.25) is 15.2 Å². The number of amides is 1. The van der Waals surface area contributed by atoms with E-state index >= 15 is 0 Å². The van der Waals surface area contributed by atoms with Crippen molar-refractivity contribution in [3.8, 4) is 0 Å². The normalized spacial score (nSPS) is 10.6. The molecule has 0 aliphatic rings. The van der Waals surface area contributed by atoms with E-state index in [1.807, 2.05) is 72.8 Å². The molecule has 0 saturated carbocycles. The van der Waals surface area contributed by atoms with E-state index in [2.05, 4.69) is 15.6 Å². The summed E-state index contributed by atoms with van der Waals surface area (Å²) in [6, 6.07) is 24.6. The van der Waals surface area contributed by atoms with Crippen LogP contribution >= 0.6 is 11.6 Å². The van der Waals surface area contributed by atoms with Gasteiger partial charge in [0.25, 0.3) is 5.91 Å². The van der Waals surface area contributed by atoms with Gasteiger partial charge in [0, 0.05) is 40.9 Å². The van der Waals surface area contributed by atoms with Crippen molar-refractivity contribution in [1.82, 2.24) is 10.3 Å². The number of para-hydroxylation sites is 1. The molecule has 0 aliphatic carbocycles. The summed E-state index contributed by atoms with van der Waals surface area (Å²) in [4.78, 5) is 17.0. The highest BCUT2D eigenvalue weighted by atomic mass is 35.5. The maximum absolute atomic E-state index is 12.7. The fraction of sp³-hybridized carbons (Fsp3) is 0.0800. The first-order chi connectivity index (χ1) is 15.1. The Bertz CT molecular complexity index is 1240. The molecule has 3 aromatic carbocycles. The van der Waals surface area contributed by atoms with Crippen LogP contribution in [0.5, 0.6) is 0 Å². The molecule has 1 heterocycles. The molecule has 0 radical (unpaired) electrons. The number of halogens is 1. The Labute approximate surface area is 185 Å². The van der Waals surface area contributed by atoms with E-state index in [-0.39, 0.29) is 5.71 Å². The number of rotatable bonds is 7. The van der Waals surface area contributed by atoms with E-state index in [0.29, 0.717) is 23.7 Å². The van der Waals surface area contributed by atoms with Gasteiger partial charge >= 0.3 is 0 Å². The summed E-state index contributed by atoms with van der Waals surface area (Å²) in [6.07, 6.45) is 1.75. The topological polar surface area (TPSA) is 77.9 Å². The lowest BCUT2D eigenvalue weighted by Gasteiger charge is -2.13. The van der Waals surface area contributed by atoms with E-state index in [4.69, 9.17) is 17.0 Å². The Kier molecular flexibility index (Phi) is 6.24. The van der Waals surface area contributed by atoms with Gasteiger partial charge < -0.3 is 10.6 Å². The van der Waals surface area contributed by atoms with Crippen molar-refractivity contribution in [3.05, 3.63) is 107 Å². The first-order valence-electron chi connectivity index (χ1n) is 9.88. The van der Waals surface area contributed by atoms with Crippen molar-refractivity contribution >= 4 is 39.8 Å². The molecule has 154 valence electrons. The quantitative estimate of drug-likeness (QED) is 0.355. The minimum atomic E-state index is -0.424. The van der Waals surface area contributed by atoms with E-state index in [1.165, 1.54) is 0 Å². The summed E-state index contributed by atoms with van der Waals surface area (Å²) >= 11 is 5.94. The summed E-state index contributed by atoms with van der Waals surface area (Å²) in [5.74, 6) is -0.424. The Balaban J connectivity index is 1.42. The van der Waals surface area contributed by atoms with Gasteiger partial charge in [0.1, 0.15) is 5.71 Å². The average molecular weight is 429 g/mol. The second kappa shape index (κ2) is 9.41. The largest absolute Gasteiger partial charge is 0.380 e. The monoisotopic (exact) mass is 428 g/mol. The molecule has 3 N–H and O–H groups in total. The van der Waals surface area contributed by atoms with Crippen LogP contribution in [0.25, 0.3) is 10.9 Å². The van der Waals surface area contributed by atoms with Gasteiger partial charge in [-0.25, -0.2) is 0 Å². The van der Waals surface area contributed by atoms with Crippen molar-refractivity contribution in [2.45, 2.75) is 13.1 Å². The maximum atomic E-state index is 12.7. The predicted molar refractivity (Wildman–Crippen MR) is 126 cm³/mol. The number of carbonyl (C=O) groups is 1. The maximum Gasteiger partial charge on any atom is 0.270 e. The van der Waals surface area contributed by atoms with Crippen LogP contribution in [0.15, 0.2) is 85.1 Å². The number of benzene rings is 3. The number of carbonyl (C=O) groups excluding carboxylic acids is 1. The van der Waals surface area contributed by atoms with E-state index in [9.17, 15) is 4.79 Å². The Morgan fingerprint density at radius 2 is 1.68 bits per heavy atom. The summed E-state index contributed by atoms with van der Waals surface area (Å²) in [5.41, 5.74) is 4.12. The number of hydrogen-bond acceptors (Lipinski definition) is 4. The van der Waals surface area contributed by atoms with Crippen LogP contribution in [0.1, 0.15) is 16.7 Å². The number of nitrogens with one attached hydrogen (secondary N) is 3. The fourth-order valence-electron chi connectivity index (χ4n) is 3.28. The predicted octanol–water partition coefficient (Wildman–Crippen LogP) is 5.18. The van der Waals surface area contributed by atoms with Crippen LogP contribution in [-0.2, 0) is 17.9 Å². The number of nitrogens with zero attached hydrogens (tertiary/aromatic N) is 1. The van der Waals surface area contributed by atoms with Gasteiger partial charge in [0.15, 0.2) is 0 Å². The van der Waals surface area contributed by atoms with Crippen LogP contribution in [0.4, 0.5) is 5.69 Å². The minimum Gasteiger partial charge on any atom is -0.380 e. The lowest BCUT2D eigenvalue weighted by molar-refractivity contribution is -0.114. The summed E-state index contributed by atoms with van der Waals surface area (Å²) < 4.78 is 0. The SMILES string of the molecule is N=C(C(=O)NCc1ccc2ncccc2c1)c1ccccc1NCc1ccc(Cl)cc1. The molecule has 5 nitrogen and oxygen atoms in total. The third kappa shape index (κ3) is 5.08.